The van der Waals surface area contributed by atoms with Crippen LogP contribution in [0.15, 0.2) is 0 Å². The highest BCUT2D eigenvalue weighted by Crippen LogP contribution is 2.27. The molecule has 2 aliphatic rings. The highest BCUT2D eigenvalue weighted by atomic mass is 16.2. The van der Waals surface area contributed by atoms with Gasteiger partial charge < -0.3 is 5.32 Å². The van der Waals surface area contributed by atoms with Gasteiger partial charge >= 0.3 is 17.8 Å². The Morgan fingerprint density at radius 1 is 1.14 bits per heavy atom. The van der Waals surface area contributed by atoms with Gasteiger partial charge in [-0.2, -0.15) is 0 Å². The highest BCUT2D eigenvalue weighted by molar-refractivity contribution is 6.45. The lowest BCUT2D eigenvalue weighted by Crippen LogP contribution is -2.48. The summed E-state index contributed by atoms with van der Waals surface area (Å²) in [6.45, 7) is 4.99. The molecule has 1 saturated carbocycles. The normalized spacial score (nSPS) is 20.6. The van der Waals surface area contributed by atoms with Crippen LogP contribution in [0, 0.1) is 0 Å². The first-order chi connectivity index (χ1) is 9.70. The number of imide groups is 2. The first kappa shape index (κ1) is 15.5. The van der Waals surface area contributed by atoms with Crippen molar-refractivity contribution in [1.29, 1.82) is 0 Å². The molecule has 0 bridgehead atoms. The monoisotopic (exact) mass is 295 g/mol. The molecule has 116 valence electrons. The molecular weight excluding hydrogens is 274 g/mol. The van der Waals surface area contributed by atoms with Crippen molar-refractivity contribution in [3.63, 3.8) is 0 Å². The molecule has 0 unspecified atom stereocenters. The van der Waals surface area contributed by atoms with E-state index in [1.54, 1.807) is 20.8 Å². The van der Waals surface area contributed by atoms with Crippen molar-refractivity contribution in [3.8, 4) is 0 Å². The number of hydrogen-bond donors (Lipinski definition) is 1. The van der Waals surface area contributed by atoms with Crippen molar-refractivity contribution >= 4 is 23.8 Å². The lowest BCUT2D eigenvalue weighted by Gasteiger charge is -2.23. The summed E-state index contributed by atoms with van der Waals surface area (Å²) in [4.78, 5) is 49.7. The minimum absolute atomic E-state index is 0.204. The molecule has 7 heteroatoms. The lowest BCUT2D eigenvalue weighted by molar-refractivity contribution is -0.144. The van der Waals surface area contributed by atoms with Crippen LogP contribution in [-0.2, 0) is 14.4 Å². The molecule has 1 saturated heterocycles. The predicted octanol–water partition coefficient (Wildman–Crippen LogP) is 0.634. The molecule has 0 radical (unpaired) electrons. The van der Waals surface area contributed by atoms with E-state index in [0.29, 0.717) is 0 Å². The van der Waals surface area contributed by atoms with E-state index < -0.39 is 35.8 Å². The zero-order chi connectivity index (χ0) is 15.8. The third-order valence-electron chi connectivity index (χ3n) is 3.59. The van der Waals surface area contributed by atoms with Gasteiger partial charge in [-0.1, -0.05) is 12.8 Å². The fourth-order valence-electron chi connectivity index (χ4n) is 2.75. The van der Waals surface area contributed by atoms with E-state index in [1.165, 1.54) is 0 Å². The predicted molar refractivity (Wildman–Crippen MR) is 74.1 cm³/mol. The van der Waals surface area contributed by atoms with Crippen molar-refractivity contribution in [1.82, 2.24) is 15.1 Å². The highest BCUT2D eigenvalue weighted by Gasteiger charge is 2.48. The van der Waals surface area contributed by atoms with Gasteiger partial charge in [0, 0.05) is 11.6 Å². The van der Waals surface area contributed by atoms with Crippen LogP contribution in [0.2, 0.25) is 0 Å². The van der Waals surface area contributed by atoms with E-state index in [0.717, 1.165) is 35.5 Å². The molecule has 0 aromatic rings. The van der Waals surface area contributed by atoms with Crippen LogP contribution in [0.4, 0.5) is 4.79 Å². The van der Waals surface area contributed by atoms with E-state index >= 15 is 0 Å². The summed E-state index contributed by atoms with van der Waals surface area (Å²) < 4.78 is 0. The summed E-state index contributed by atoms with van der Waals surface area (Å²) in [5.41, 5.74) is -0.460. The topological polar surface area (TPSA) is 86.8 Å². The number of amides is 5. The summed E-state index contributed by atoms with van der Waals surface area (Å²) in [6.07, 6.45) is 3.35. The van der Waals surface area contributed by atoms with Crippen molar-refractivity contribution < 1.29 is 19.2 Å². The van der Waals surface area contributed by atoms with Crippen molar-refractivity contribution in [3.05, 3.63) is 0 Å². The van der Waals surface area contributed by atoms with Crippen molar-refractivity contribution in [2.45, 2.75) is 58.0 Å². The third-order valence-corrected chi connectivity index (χ3v) is 3.59. The van der Waals surface area contributed by atoms with Gasteiger partial charge in [0.25, 0.3) is 0 Å². The van der Waals surface area contributed by atoms with Gasteiger partial charge in [0.1, 0.15) is 6.54 Å². The second kappa shape index (κ2) is 5.46. The van der Waals surface area contributed by atoms with Gasteiger partial charge in [-0.15, -0.1) is 0 Å². The fourth-order valence-corrected chi connectivity index (χ4v) is 2.75. The van der Waals surface area contributed by atoms with E-state index in [1.807, 2.05) is 0 Å². The maximum atomic E-state index is 12.2. The summed E-state index contributed by atoms with van der Waals surface area (Å²) >= 11 is 0. The van der Waals surface area contributed by atoms with Gasteiger partial charge in [0.15, 0.2) is 0 Å². The molecule has 1 aliphatic carbocycles. The summed E-state index contributed by atoms with van der Waals surface area (Å²) in [7, 11) is 0. The first-order valence-electron chi connectivity index (χ1n) is 7.21. The Balaban J connectivity index is 2.07. The molecule has 1 N–H and O–H groups in total. The van der Waals surface area contributed by atoms with E-state index in [2.05, 4.69) is 5.32 Å². The van der Waals surface area contributed by atoms with Crippen LogP contribution in [0.1, 0.15) is 46.5 Å². The molecular formula is C14H21N3O4. The SMILES string of the molecule is CC(C)(C)NC(=O)CN1C(=O)C(=O)N(C2CCCC2)C1=O. The lowest BCUT2D eigenvalue weighted by atomic mass is 10.1. The number of hydrogen-bond acceptors (Lipinski definition) is 4. The van der Waals surface area contributed by atoms with Crippen LogP contribution in [-0.4, -0.2) is 51.7 Å². The zero-order valence-corrected chi connectivity index (χ0v) is 12.6. The smallest absolute Gasteiger partial charge is 0.334 e. The molecule has 0 spiro atoms. The minimum Gasteiger partial charge on any atom is -0.350 e. The molecule has 5 amide bonds. The van der Waals surface area contributed by atoms with Crippen LogP contribution in [0.25, 0.3) is 0 Å². The molecule has 2 fully saturated rings. The number of carbonyl (C=O) groups is 4. The largest absolute Gasteiger partial charge is 0.350 e. The standard InChI is InChI=1S/C14H21N3O4/c1-14(2,3)15-10(18)8-16-11(19)12(20)17(13(16)21)9-6-4-5-7-9/h9H,4-8H2,1-3H3,(H,15,18). The maximum absolute atomic E-state index is 12.2. The molecule has 1 heterocycles. The van der Waals surface area contributed by atoms with Crippen molar-refractivity contribution in [2.75, 3.05) is 6.54 Å². The molecule has 21 heavy (non-hydrogen) atoms. The fraction of sp³-hybridized carbons (Fsp3) is 0.714. The maximum Gasteiger partial charge on any atom is 0.334 e. The van der Waals surface area contributed by atoms with Crippen LogP contribution in [0.3, 0.4) is 0 Å². The summed E-state index contributed by atoms with van der Waals surface area (Å²) in [6, 6.07) is -0.870. The second-order valence-corrected chi connectivity index (χ2v) is 6.59. The Labute approximate surface area is 123 Å². The van der Waals surface area contributed by atoms with E-state index in [4.69, 9.17) is 0 Å². The van der Waals surface area contributed by atoms with Gasteiger partial charge in [-0.25, -0.2) is 9.69 Å². The first-order valence-corrected chi connectivity index (χ1v) is 7.21. The van der Waals surface area contributed by atoms with E-state index in [9.17, 15) is 19.2 Å². The minimum atomic E-state index is -0.907. The van der Waals surface area contributed by atoms with Gasteiger partial charge in [0.2, 0.25) is 5.91 Å². The van der Waals surface area contributed by atoms with E-state index in [-0.39, 0.29) is 6.04 Å². The van der Waals surface area contributed by atoms with Crippen molar-refractivity contribution in [2.24, 2.45) is 0 Å². The van der Waals surface area contributed by atoms with Gasteiger partial charge in [0.05, 0.1) is 0 Å². The Bertz CT molecular complexity index is 489. The summed E-state index contributed by atoms with van der Waals surface area (Å²) in [5, 5.41) is 2.67. The molecule has 0 aromatic carbocycles. The quantitative estimate of drug-likeness (QED) is 0.611. The van der Waals surface area contributed by atoms with Gasteiger partial charge in [-0.05, 0) is 33.6 Å². The number of urea groups is 1. The molecule has 2 rings (SSSR count). The van der Waals surface area contributed by atoms with Gasteiger partial charge in [-0.3, -0.25) is 19.3 Å². The summed E-state index contributed by atoms with van der Waals surface area (Å²) in [5.74, 6) is -2.17. The zero-order valence-electron chi connectivity index (χ0n) is 12.6. The Hall–Kier alpha value is -1.92. The number of nitrogens with one attached hydrogen (secondary N) is 1. The third kappa shape index (κ3) is 3.22. The molecule has 1 aliphatic heterocycles. The number of rotatable bonds is 3. The Morgan fingerprint density at radius 2 is 1.71 bits per heavy atom. The van der Waals surface area contributed by atoms with Crippen LogP contribution < -0.4 is 5.32 Å². The number of carbonyl (C=O) groups excluding carboxylic acids is 4. The van der Waals surface area contributed by atoms with Crippen LogP contribution >= 0.6 is 0 Å². The number of nitrogens with zero attached hydrogens (tertiary/aromatic N) is 2. The average Bonchev–Trinajstić information content (AvgIpc) is 2.91. The average molecular weight is 295 g/mol. The molecule has 0 atom stereocenters. The molecule has 7 nitrogen and oxygen atoms in total. The second-order valence-electron chi connectivity index (χ2n) is 6.59. The molecule has 0 aromatic heterocycles. The van der Waals surface area contributed by atoms with Crippen LogP contribution in [0.5, 0.6) is 0 Å². The Morgan fingerprint density at radius 3 is 2.24 bits per heavy atom. The Kier molecular flexibility index (Phi) is 4.02.